The van der Waals surface area contributed by atoms with Crippen molar-refractivity contribution in [3.05, 3.63) is 111 Å². The molecule has 4 aromatic rings. The maximum Gasteiger partial charge on any atom is 0.360 e. The van der Waals surface area contributed by atoms with Crippen molar-refractivity contribution in [1.29, 1.82) is 0 Å². The molecule has 10 nitrogen and oxygen atoms in total. The summed E-state index contributed by atoms with van der Waals surface area (Å²) in [6, 6.07) is 21.0. The molecule has 1 heterocycles. The number of carbonyl (C=O) groups excluding carboxylic acids is 2. The van der Waals surface area contributed by atoms with Gasteiger partial charge in [0, 0.05) is 23.2 Å². The Kier molecular flexibility index (Phi) is 6.63. The number of nitrogens with one attached hydrogen (secondary N) is 1. The Morgan fingerprint density at radius 2 is 1.63 bits per heavy atom. The minimum Gasteiger partial charge on any atom is -0.448 e. The van der Waals surface area contributed by atoms with E-state index in [0.29, 0.717) is 16.5 Å². The monoisotopic (exact) mass is 472 g/mol. The van der Waals surface area contributed by atoms with Gasteiger partial charge in [0.05, 0.1) is 16.9 Å². The zero-order chi connectivity index (χ0) is 24.9. The predicted molar refractivity (Wildman–Crippen MR) is 128 cm³/mol. The van der Waals surface area contributed by atoms with Crippen molar-refractivity contribution in [1.82, 2.24) is 9.78 Å². The minimum atomic E-state index is -1.20. The molecule has 0 aliphatic rings. The van der Waals surface area contributed by atoms with Gasteiger partial charge in [-0.15, -0.1) is 0 Å². The molecule has 0 spiro atoms. The second kappa shape index (κ2) is 9.96. The number of ether oxygens (including phenoxy) is 1. The number of nitro groups is 1. The van der Waals surface area contributed by atoms with E-state index < -0.39 is 22.9 Å². The van der Waals surface area contributed by atoms with Crippen LogP contribution in [-0.4, -0.2) is 32.7 Å². The maximum absolute atomic E-state index is 13.0. The number of nitrogens with zero attached hydrogens (tertiary/aromatic N) is 3. The number of fused-ring (bicyclic) bond motifs is 1. The summed E-state index contributed by atoms with van der Waals surface area (Å²) in [5, 5.41) is 18.2. The summed E-state index contributed by atoms with van der Waals surface area (Å²) in [5.74, 6) is -1.50. The van der Waals surface area contributed by atoms with Gasteiger partial charge in [-0.25, -0.2) is 9.48 Å². The van der Waals surface area contributed by atoms with Crippen molar-refractivity contribution in [3.63, 3.8) is 0 Å². The topological polar surface area (TPSA) is 133 Å². The Morgan fingerprint density at radius 1 is 1.00 bits per heavy atom. The first-order valence-corrected chi connectivity index (χ1v) is 10.6. The lowest BCUT2D eigenvalue weighted by atomic mass is 10.1. The lowest BCUT2D eigenvalue weighted by Gasteiger charge is -2.15. The Balaban J connectivity index is 1.56. The number of anilines is 1. The van der Waals surface area contributed by atoms with Crippen LogP contribution >= 0.6 is 0 Å². The highest BCUT2D eigenvalue weighted by atomic mass is 16.6. The second-order valence-corrected chi connectivity index (χ2v) is 7.68. The van der Waals surface area contributed by atoms with Crippen LogP contribution in [0, 0.1) is 10.1 Å². The summed E-state index contributed by atoms with van der Waals surface area (Å²) >= 11 is 0. The number of nitro benzene ring substituents is 1. The van der Waals surface area contributed by atoms with Crippen molar-refractivity contribution in [3.8, 4) is 0 Å². The Morgan fingerprint density at radius 3 is 2.29 bits per heavy atom. The van der Waals surface area contributed by atoms with Crippen LogP contribution in [0.4, 0.5) is 11.4 Å². The molecule has 0 aliphatic carbocycles. The molecule has 1 atom stereocenters. The summed E-state index contributed by atoms with van der Waals surface area (Å²) in [7, 11) is 0. The number of rotatable bonds is 7. The highest BCUT2D eigenvalue weighted by molar-refractivity contribution is 6.03. The average molecular weight is 472 g/mol. The van der Waals surface area contributed by atoms with Crippen LogP contribution in [0.15, 0.2) is 83.7 Å². The molecule has 176 valence electrons. The third-order valence-corrected chi connectivity index (χ3v) is 5.23. The first-order chi connectivity index (χ1) is 16.8. The lowest BCUT2D eigenvalue weighted by Crippen LogP contribution is -2.32. The fourth-order valence-electron chi connectivity index (χ4n) is 3.43. The van der Waals surface area contributed by atoms with Crippen LogP contribution in [0.25, 0.3) is 10.8 Å². The number of carbonyl (C=O) groups is 2. The fraction of sp³-hybridized carbons (Fsp3) is 0.120. The molecule has 1 amide bonds. The zero-order valence-electron chi connectivity index (χ0n) is 18.6. The number of esters is 1. The van der Waals surface area contributed by atoms with Crippen LogP contribution in [0.1, 0.15) is 23.0 Å². The van der Waals surface area contributed by atoms with E-state index in [0.717, 1.165) is 5.56 Å². The van der Waals surface area contributed by atoms with Crippen molar-refractivity contribution >= 4 is 34.0 Å². The molecule has 1 N–H and O–H groups in total. The molecule has 10 heteroatoms. The Labute approximate surface area is 198 Å². The van der Waals surface area contributed by atoms with Gasteiger partial charge in [-0.2, -0.15) is 5.10 Å². The Bertz CT molecular complexity index is 1470. The first-order valence-electron chi connectivity index (χ1n) is 10.6. The van der Waals surface area contributed by atoms with Crippen LogP contribution in [0.5, 0.6) is 0 Å². The summed E-state index contributed by atoms with van der Waals surface area (Å²) in [6.07, 6.45) is -1.20. The summed E-state index contributed by atoms with van der Waals surface area (Å²) < 4.78 is 6.54. The van der Waals surface area contributed by atoms with Gasteiger partial charge < -0.3 is 10.1 Å². The fourth-order valence-corrected chi connectivity index (χ4v) is 3.43. The van der Waals surface area contributed by atoms with Crippen molar-refractivity contribution in [2.75, 3.05) is 5.32 Å². The number of amides is 1. The number of hydrogen-bond acceptors (Lipinski definition) is 7. The quantitative estimate of drug-likeness (QED) is 0.247. The molecule has 0 saturated carbocycles. The van der Waals surface area contributed by atoms with Gasteiger partial charge in [0.1, 0.15) is 0 Å². The summed E-state index contributed by atoms with van der Waals surface area (Å²) in [4.78, 5) is 48.7. The van der Waals surface area contributed by atoms with Crippen LogP contribution in [0.2, 0.25) is 0 Å². The van der Waals surface area contributed by atoms with Gasteiger partial charge in [-0.3, -0.25) is 19.7 Å². The van der Waals surface area contributed by atoms with E-state index in [1.54, 1.807) is 24.3 Å². The summed E-state index contributed by atoms with van der Waals surface area (Å²) in [6.45, 7) is 1.54. The molecule has 35 heavy (non-hydrogen) atoms. The van der Waals surface area contributed by atoms with Gasteiger partial charge in [0.25, 0.3) is 17.2 Å². The highest BCUT2D eigenvalue weighted by Gasteiger charge is 2.23. The summed E-state index contributed by atoms with van der Waals surface area (Å²) in [5.41, 5.74) is 0.568. The zero-order valence-corrected chi connectivity index (χ0v) is 18.6. The molecule has 0 aliphatic heterocycles. The molecule has 4 rings (SSSR count). The first kappa shape index (κ1) is 23.3. The third-order valence-electron chi connectivity index (χ3n) is 5.23. The van der Waals surface area contributed by atoms with E-state index in [-0.39, 0.29) is 23.5 Å². The minimum absolute atomic E-state index is 0.0916. The average Bonchev–Trinajstić information content (AvgIpc) is 2.86. The molecule has 1 aromatic heterocycles. The number of aromatic nitrogens is 2. The molecule has 3 aromatic carbocycles. The second-order valence-electron chi connectivity index (χ2n) is 7.68. The van der Waals surface area contributed by atoms with Crippen LogP contribution in [-0.2, 0) is 16.1 Å². The molecule has 0 saturated heterocycles. The third kappa shape index (κ3) is 5.22. The number of benzene rings is 3. The van der Waals surface area contributed by atoms with E-state index in [1.165, 1.54) is 35.9 Å². The van der Waals surface area contributed by atoms with Gasteiger partial charge in [0.2, 0.25) is 0 Å². The van der Waals surface area contributed by atoms with E-state index >= 15 is 0 Å². The van der Waals surface area contributed by atoms with Gasteiger partial charge in [0.15, 0.2) is 11.8 Å². The molecular formula is C25H20N4O6. The molecule has 0 fully saturated rings. The SMILES string of the molecule is CC(OC(=O)c1nn(Cc2ccccc2)c(=O)c2ccccc12)C(=O)Nc1ccc([N+](=O)[O-])cc1. The predicted octanol–water partition coefficient (Wildman–Crippen LogP) is 3.54. The van der Waals surface area contributed by atoms with E-state index in [2.05, 4.69) is 10.4 Å². The van der Waals surface area contributed by atoms with E-state index in [4.69, 9.17) is 4.74 Å². The lowest BCUT2D eigenvalue weighted by molar-refractivity contribution is -0.384. The van der Waals surface area contributed by atoms with Gasteiger partial charge in [-0.1, -0.05) is 48.5 Å². The van der Waals surface area contributed by atoms with Crippen molar-refractivity contribution in [2.45, 2.75) is 19.6 Å². The van der Waals surface area contributed by atoms with Crippen molar-refractivity contribution in [2.24, 2.45) is 0 Å². The standard InChI is InChI=1S/C25H20N4O6/c1-16(23(30)26-18-11-13-19(14-12-18)29(33)34)35-25(32)22-20-9-5-6-10-21(20)24(31)28(27-22)15-17-7-3-2-4-8-17/h2-14,16H,15H2,1H3,(H,26,30). The van der Waals surface area contributed by atoms with Crippen LogP contribution < -0.4 is 10.9 Å². The largest absolute Gasteiger partial charge is 0.448 e. The maximum atomic E-state index is 13.0. The van der Waals surface area contributed by atoms with Crippen LogP contribution in [0.3, 0.4) is 0 Å². The molecule has 0 radical (unpaired) electrons. The van der Waals surface area contributed by atoms with E-state index in [9.17, 15) is 24.5 Å². The number of non-ortho nitro benzene ring substituents is 1. The van der Waals surface area contributed by atoms with Gasteiger partial charge >= 0.3 is 5.97 Å². The normalized spacial score (nSPS) is 11.6. The Hall–Kier alpha value is -4.86. The van der Waals surface area contributed by atoms with Gasteiger partial charge in [-0.05, 0) is 30.7 Å². The molecular weight excluding hydrogens is 452 g/mol. The number of hydrogen-bond donors (Lipinski definition) is 1. The smallest absolute Gasteiger partial charge is 0.360 e. The van der Waals surface area contributed by atoms with E-state index in [1.807, 2.05) is 30.3 Å². The highest BCUT2D eigenvalue weighted by Crippen LogP contribution is 2.18. The molecule has 1 unspecified atom stereocenters. The molecule has 0 bridgehead atoms. The van der Waals surface area contributed by atoms with Crippen molar-refractivity contribution < 1.29 is 19.2 Å².